The van der Waals surface area contributed by atoms with Gasteiger partial charge in [-0.3, -0.25) is 14.5 Å². The second-order valence-corrected chi connectivity index (χ2v) is 10.8. The molecule has 1 heterocycles. The topological polar surface area (TPSA) is 82.1 Å². The molecule has 3 atom stereocenters. The van der Waals surface area contributed by atoms with Crippen LogP contribution < -0.4 is 10.1 Å². The maximum absolute atomic E-state index is 13.7. The quantitative estimate of drug-likeness (QED) is 0.548. The largest absolute Gasteiger partial charge is 0.488 e. The van der Waals surface area contributed by atoms with Crippen molar-refractivity contribution in [3.63, 3.8) is 0 Å². The van der Waals surface area contributed by atoms with Gasteiger partial charge in [-0.1, -0.05) is 56.5 Å². The number of anilines is 1. The maximum Gasteiger partial charge on any atom is 0.258 e. The first kappa shape index (κ1) is 27.1. The van der Waals surface area contributed by atoms with E-state index in [2.05, 4.69) is 36.3 Å². The molecule has 2 aliphatic rings. The predicted molar refractivity (Wildman–Crippen MR) is 146 cm³/mol. The van der Waals surface area contributed by atoms with Gasteiger partial charge in [0.15, 0.2) is 0 Å². The van der Waals surface area contributed by atoms with E-state index >= 15 is 0 Å². The number of hydrogen-bond donors (Lipinski definition) is 2. The summed E-state index contributed by atoms with van der Waals surface area (Å²) in [5, 5.41) is 12.9. The average molecular weight is 508 g/mol. The van der Waals surface area contributed by atoms with Gasteiger partial charge in [-0.05, 0) is 50.6 Å². The third-order valence-corrected chi connectivity index (χ3v) is 7.70. The molecular formula is C30H41N3O4. The first-order valence-electron chi connectivity index (χ1n) is 13.6. The first-order chi connectivity index (χ1) is 17.9. The van der Waals surface area contributed by atoms with E-state index in [0.717, 1.165) is 32.2 Å². The standard InChI is InChI=1S/C30H41N3O4/c1-21-17-33(22(2)20-34)30(36)26-16-25(31-29(35)24-12-8-5-9-13-24)14-15-27(26)37-28(21)19-32(3)18-23-10-6-4-7-11-23/h4,6-7,10-11,14-16,21-22,24,28,34H,5,8-9,12-13,17-20H2,1-3H3,(H,31,35)/t21-,22-,28+/m1/s1. The van der Waals surface area contributed by atoms with E-state index in [4.69, 9.17) is 4.74 Å². The molecule has 2 N–H and O–H groups in total. The van der Waals surface area contributed by atoms with Gasteiger partial charge in [0, 0.05) is 37.2 Å². The molecule has 0 saturated heterocycles. The summed E-state index contributed by atoms with van der Waals surface area (Å²) in [7, 11) is 2.08. The van der Waals surface area contributed by atoms with Crippen LogP contribution in [0.3, 0.4) is 0 Å². The molecule has 2 aromatic carbocycles. The van der Waals surface area contributed by atoms with E-state index in [1.54, 1.807) is 17.0 Å². The predicted octanol–water partition coefficient (Wildman–Crippen LogP) is 4.56. The van der Waals surface area contributed by atoms with Crippen molar-refractivity contribution in [2.24, 2.45) is 11.8 Å². The first-order valence-corrected chi connectivity index (χ1v) is 13.6. The second kappa shape index (κ2) is 12.6. The van der Waals surface area contributed by atoms with Crippen LogP contribution in [0.1, 0.15) is 61.9 Å². The number of carbonyl (C=O) groups excluding carboxylic acids is 2. The SMILES string of the molecule is C[C@@H]1CN([C@H](C)CO)C(=O)c2cc(NC(=O)C3CCCCC3)ccc2O[C@H]1CN(C)Cc1ccccc1. The molecule has 37 heavy (non-hydrogen) atoms. The van der Waals surface area contributed by atoms with Gasteiger partial charge < -0.3 is 20.1 Å². The van der Waals surface area contributed by atoms with Crippen LogP contribution in [0.15, 0.2) is 48.5 Å². The van der Waals surface area contributed by atoms with E-state index in [0.29, 0.717) is 30.1 Å². The summed E-state index contributed by atoms with van der Waals surface area (Å²) in [6.07, 6.45) is 5.03. The minimum atomic E-state index is -0.330. The molecule has 1 fully saturated rings. The Morgan fingerprint density at radius 3 is 2.59 bits per heavy atom. The number of aliphatic hydroxyl groups is 1. The lowest BCUT2D eigenvalue weighted by Crippen LogP contribution is -2.49. The summed E-state index contributed by atoms with van der Waals surface area (Å²) in [5.41, 5.74) is 2.26. The summed E-state index contributed by atoms with van der Waals surface area (Å²) < 4.78 is 6.50. The molecular weight excluding hydrogens is 466 g/mol. The molecule has 7 heteroatoms. The third-order valence-electron chi connectivity index (χ3n) is 7.70. The van der Waals surface area contributed by atoms with Crippen molar-refractivity contribution in [3.05, 3.63) is 59.7 Å². The van der Waals surface area contributed by atoms with Crippen LogP contribution in [-0.4, -0.2) is 65.6 Å². The van der Waals surface area contributed by atoms with Crippen LogP contribution >= 0.6 is 0 Å². The molecule has 2 aromatic rings. The van der Waals surface area contributed by atoms with Crippen LogP contribution in [0.2, 0.25) is 0 Å². The number of carbonyl (C=O) groups is 2. The van der Waals surface area contributed by atoms with Gasteiger partial charge in [0.2, 0.25) is 5.91 Å². The van der Waals surface area contributed by atoms with E-state index < -0.39 is 0 Å². The van der Waals surface area contributed by atoms with E-state index in [9.17, 15) is 14.7 Å². The van der Waals surface area contributed by atoms with Crippen LogP contribution in [0.5, 0.6) is 5.75 Å². The highest BCUT2D eigenvalue weighted by atomic mass is 16.5. The zero-order valence-electron chi connectivity index (χ0n) is 22.4. The number of amides is 2. The number of ether oxygens (including phenoxy) is 1. The second-order valence-electron chi connectivity index (χ2n) is 10.8. The van der Waals surface area contributed by atoms with Crippen molar-refractivity contribution in [1.82, 2.24) is 9.80 Å². The molecule has 0 bridgehead atoms. The number of likely N-dealkylation sites (N-methyl/N-ethyl adjacent to an activating group) is 1. The van der Waals surface area contributed by atoms with E-state index in [1.807, 2.05) is 31.2 Å². The lowest BCUT2D eigenvalue weighted by Gasteiger charge is -2.38. The molecule has 0 spiro atoms. The smallest absolute Gasteiger partial charge is 0.258 e. The van der Waals surface area contributed by atoms with Gasteiger partial charge in [-0.25, -0.2) is 0 Å². The third kappa shape index (κ3) is 6.90. The minimum absolute atomic E-state index is 0.0217. The number of nitrogens with zero attached hydrogens (tertiary/aromatic N) is 2. The molecule has 0 aromatic heterocycles. The minimum Gasteiger partial charge on any atom is -0.488 e. The van der Waals surface area contributed by atoms with Crippen molar-refractivity contribution in [3.8, 4) is 5.75 Å². The number of aliphatic hydroxyl groups excluding tert-OH is 1. The highest BCUT2D eigenvalue weighted by molar-refractivity contribution is 6.00. The molecule has 1 aliphatic carbocycles. The summed E-state index contributed by atoms with van der Waals surface area (Å²) >= 11 is 0. The van der Waals surface area contributed by atoms with Crippen LogP contribution in [-0.2, 0) is 11.3 Å². The Morgan fingerprint density at radius 1 is 1.16 bits per heavy atom. The molecule has 0 unspecified atom stereocenters. The summed E-state index contributed by atoms with van der Waals surface area (Å²) in [4.78, 5) is 30.5. The molecule has 0 radical (unpaired) electrons. The maximum atomic E-state index is 13.7. The molecule has 200 valence electrons. The Balaban J connectivity index is 1.57. The Kier molecular flexibility index (Phi) is 9.22. The number of fused-ring (bicyclic) bond motifs is 1. The van der Waals surface area contributed by atoms with Gasteiger partial charge >= 0.3 is 0 Å². The van der Waals surface area contributed by atoms with Crippen LogP contribution in [0.25, 0.3) is 0 Å². The van der Waals surface area contributed by atoms with Crippen LogP contribution in [0.4, 0.5) is 5.69 Å². The van der Waals surface area contributed by atoms with Gasteiger partial charge in [0.1, 0.15) is 11.9 Å². The molecule has 7 nitrogen and oxygen atoms in total. The average Bonchev–Trinajstić information content (AvgIpc) is 2.91. The summed E-state index contributed by atoms with van der Waals surface area (Å²) in [5.74, 6) is 0.427. The van der Waals surface area contributed by atoms with Crippen molar-refractivity contribution in [1.29, 1.82) is 0 Å². The molecule has 1 saturated carbocycles. The van der Waals surface area contributed by atoms with E-state index in [1.165, 1.54) is 12.0 Å². The fraction of sp³-hybridized carbons (Fsp3) is 0.533. The zero-order valence-corrected chi connectivity index (χ0v) is 22.4. The van der Waals surface area contributed by atoms with Gasteiger partial charge in [0.05, 0.1) is 18.2 Å². The lowest BCUT2D eigenvalue weighted by atomic mass is 9.88. The lowest BCUT2D eigenvalue weighted by molar-refractivity contribution is -0.120. The Bertz CT molecular complexity index is 1050. The molecule has 2 amide bonds. The zero-order chi connectivity index (χ0) is 26.4. The molecule has 1 aliphatic heterocycles. The Labute approximate surface area is 220 Å². The number of nitrogens with one attached hydrogen (secondary N) is 1. The van der Waals surface area contributed by atoms with Gasteiger partial charge in [0.25, 0.3) is 5.91 Å². The van der Waals surface area contributed by atoms with Gasteiger partial charge in [-0.2, -0.15) is 0 Å². The van der Waals surface area contributed by atoms with Crippen molar-refractivity contribution in [2.75, 3.05) is 32.1 Å². The fourth-order valence-corrected chi connectivity index (χ4v) is 5.39. The van der Waals surface area contributed by atoms with E-state index in [-0.39, 0.29) is 42.4 Å². The summed E-state index contributed by atoms with van der Waals surface area (Å²) in [6.45, 7) is 5.79. The molecule has 4 rings (SSSR count). The normalized spacial score (nSPS) is 21.5. The fourth-order valence-electron chi connectivity index (χ4n) is 5.39. The number of hydrogen-bond acceptors (Lipinski definition) is 5. The highest BCUT2D eigenvalue weighted by Gasteiger charge is 2.33. The highest BCUT2D eigenvalue weighted by Crippen LogP contribution is 2.32. The van der Waals surface area contributed by atoms with Crippen molar-refractivity contribution in [2.45, 2.75) is 64.6 Å². The monoisotopic (exact) mass is 507 g/mol. The van der Waals surface area contributed by atoms with Crippen LogP contribution in [0, 0.1) is 11.8 Å². The Morgan fingerprint density at radius 2 is 1.89 bits per heavy atom. The number of rotatable bonds is 8. The Hall–Kier alpha value is -2.90. The van der Waals surface area contributed by atoms with Crippen molar-refractivity contribution < 1.29 is 19.4 Å². The van der Waals surface area contributed by atoms with Gasteiger partial charge in [-0.15, -0.1) is 0 Å². The van der Waals surface area contributed by atoms with Crippen molar-refractivity contribution >= 4 is 17.5 Å². The number of benzene rings is 2. The summed E-state index contributed by atoms with van der Waals surface area (Å²) in [6, 6.07) is 15.3.